The van der Waals surface area contributed by atoms with Crippen LogP contribution in [0.15, 0.2) is 30.3 Å². The zero-order valence-corrected chi connectivity index (χ0v) is 10.6. The van der Waals surface area contributed by atoms with E-state index in [0.29, 0.717) is 19.4 Å². The molecular formula is C14H21NO2. The Morgan fingerprint density at radius 3 is 2.41 bits per heavy atom. The van der Waals surface area contributed by atoms with Crippen LogP contribution in [0.1, 0.15) is 38.7 Å². The first-order valence-electron chi connectivity index (χ1n) is 6.17. The van der Waals surface area contributed by atoms with Crippen molar-refractivity contribution < 1.29 is 9.90 Å². The quantitative estimate of drug-likeness (QED) is 0.764. The van der Waals surface area contributed by atoms with Gasteiger partial charge in [0, 0.05) is 6.54 Å². The minimum absolute atomic E-state index is 0.598. The van der Waals surface area contributed by atoms with Crippen molar-refractivity contribution in [2.45, 2.75) is 45.2 Å². The molecule has 0 aliphatic heterocycles. The van der Waals surface area contributed by atoms with Crippen LogP contribution in [0.2, 0.25) is 0 Å². The fraction of sp³-hybridized carbons (Fsp3) is 0.500. The van der Waals surface area contributed by atoms with E-state index in [-0.39, 0.29) is 0 Å². The number of aliphatic carboxylic acids is 1. The molecule has 0 spiro atoms. The van der Waals surface area contributed by atoms with Gasteiger partial charge >= 0.3 is 5.97 Å². The Labute approximate surface area is 103 Å². The van der Waals surface area contributed by atoms with E-state index in [1.165, 1.54) is 0 Å². The van der Waals surface area contributed by atoms with Crippen LogP contribution in [0, 0.1) is 0 Å². The van der Waals surface area contributed by atoms with Gasteiger partial charge in [-0.25, -0.2) is 0 Å². The summed E-state index contributed by atoms with van der Waals surface area (Å²) in [5.74, 6) is -0.752. The highest BCUT2D eigenvalue weighted by Crippen LogP contribution is 2.18. The first kappa shape index (κ1) is 13.7. The molecule has 0 aromatic heterocycles. The van der Waals surface area contributed by atoms with Crippen LogP contribution in [-0.4, -0.2) is 16.6 Å². The van der Waals surface area contributed by atoms with E-state index in [2.05, 4.69) is 5.32 Å². The van der Waals surface area contributed by atoms with Crippen LogP contribution >= 0.6 is 0 Å². The maximum atomic E-state index is 11.4. The monoisotopic (exact) mass is 235 g/mol. The van der Waals surface area contributed by atoms with Crippen LogP contribution in [0.3, 0.4) is 0 Å². The van der Waals surface area contributed by atoms with E-state index >= 15 is 0 Å². The van der Waals surface area contributed by atoms with Gasteiger partial charge in [0.1, 0.15) is 5.54 Å². The lowest BCUT2D eigenvalue weighted by atomic mass is 9.90. The van der Waals surface area contributed by atoms with Crippen LogP contribution in [0.25, 0.3) is 0 Å². The second kappa shape index (κ2) is 6.40. The molecule has 1 unspecified atom stereocenters. The number of rotatable bonds is 7. The van der Waals surface area contributed by atoms with Gasteiger partial charge in [0.05, 0.1) is 0 Å². The van der Waals surface area contributed by atoms with E-state index in [1.54, 1.807) is 0 Å². The van der Waals surface area contributed by atoms with Crippen LogP contribution in [0.4, 0.5) is 0 Å². The van der Waals surface area contributed by atoms with Crippen molar-refractivity contribution in [1.82, 2.24) is 5.32 Å². The van der Waals surface area contributed by atoms with Gasteiger partial charge < -0.3 is 5.11 Å². The van der Waals surface area contributed by atoms with Gasteiger partial charge in [-0.15, -0.1) is 0 Å². The van der Waals surface area contributed by atoms with Crippen LogP contribution in [-0.2, 0) is 11.3 Å². The summed E-state index contributed by atoms with van der Waals surface area (Å²) < 4.78 is 0. The zero-order chi connectivity index (χ0) is 12.7. The Morgan fingerprint density at radius 1 is 1.29 bits per heavy atom. The first-order valence-corrected chi connectivity index (χ1v) is 6.17. The van der Waals surface area contributed by atoms with Gasteiger partial charge in [-0.2, -0.15) is 0 Å². The zero-order valence-electron chi connectivity index (χ0n) is 10.6. The molecule has 0 saturated carbocycles. The van der Waals surface area contributed by atoms with Gasteiger partial charge in [0.15, 0.2) is 0 Å². The maximum Gasteiger partial charge on any atom is 0.323 e. The molecule has 0 fully saturated rings. The highest BCUT2D eigenvalue weighted by Gasteiger charge is 2.34. The van der Waals surface area contributed by atoms with E-state index < -0.39 is 11.5 Å². The van der Waals surface area contributed by atoms with Crippen molar-refractivity contribution in [3.8, 4) is 0 Å². The smallest absolute Gasteiger partial charge is 0.323 e. The average molecular weight is 235 g/mol. The Kier molecular flexibility index (Phi) is 5.16. The molecule has 1 aromatic carbocycles. The second-order valence-corrected chi connectivity index (χ2v) is 4.33. The van der Waals surface area contributed by atoms with E-state index in [0.717, 1.165) is 12.0 Å². The molecule has 0 bridgehead atoms. The predicted octanol–water partition coefficient (Wildman–Crippen LogP) is 2.81. The highest BCUT2D eigenvalue weighted by atomic mass is 16.4. The number of nitrogens with one attached hydrogen (secondary N) is 1. The minimum Gasteiger partial charge on any atom is -0.480 e. The molecule has 0 amide bonds. The molecule has 1 aromatic rings. The second-order valence-electron chi connectivity index (χ2n) is 4.33. The van der Waals surface area contributed by atoms with Crippen molar-refractivity contribution in [2.75, 3.05) is 0 Å². The molecule has 0 radical (unpaired) electrons. The van der Waals surface area contributed by atoms with Crippen molar-refractivity contribution in [1.29, 1.82) is 0 Å². The lowest BCUT2D eigenvalue weighted by Crippen LogP contribution is -2.51. The SMILES string of the molecule is CCCC(CC)(NCc1ccccc1)C(=O)O. The largest absolute Gasteiger partial charge is 0.480 e. The number of carboxylic acid groups (broad SMARTS) is 1. The molecule has 1 atom stereocenters. The Balaban J connectivity index is 2.70. The number of benzene rings is 1. The van der Waals surface area contributed by atoms with Gasteiger partial charge in [-0.3, -0.25) is 10.1 Å². The predicted molar refractivity (Wildman–Crippen MR) is 68.8 cm³/mol. The fourth-order valence-corrected chi connectivity index (χ4v) is 2.02. The summed E-state index contributed by atoms with van der Waals surface area (Å²) in [6.07, 6.45) is 2.12. The summed E-state index contributed by atoms with van der Waals surface area (Å²) in [6, 6.07) is 9.89. The molecule has 0 aliphatic carbocycles. The topological polar surface area (TPSA) is 49.3 Å². The third-order valence-electron chi connectivity index (χ3n) is 3.16. The maximum absolute atomic E-state index is 11.4. The van der Waals surface area contributed by atoms with Crippen molar-refractivity contribution in [2.24, 2.45) is 0 Å². The lowest BCUT2D eigenvalue weighted by molar-refractivity contribution is -0.145. The minimum atomic E-state index is -0.787. The summed E-state index contributed by atoms with van der Waals surface area (Å²) in [7, 11) is 0. The van der Waals surface area contributed by atoms with Gasteiger partial charge in [0.25, 0.3) is 0 Å². The summed E-state index contributed by atoms with van der Waals surface area (Å²) in [5.41, 5.74) is 0.326. The molecule has 0 aliphatic rings. The molecule has 3 nitrogen and oxygen atoms in total. The molecule has 0 heterocycles. The van der Waals surface area contributed by atoms with Gasteiger partial charge in [-0.05, 0) is 18.4 Å². The standard InChI is InChI=1S/C14H21NO2/c1-3-10-14(4-2,13(16)17)15-11-12-8-6-5-7-9-12/h5-9,15H,3-4,10-11H2,1-2H3,(H,16,17). The number of carbonyl (C=O) groups is 1. The van der Waals surface area contributed by atoms with Crippen molar-refractivity contribution in [3.05, 3.63) is 35.9 Å². The van der Waals surface area contributed by atoms with Gasteiger partial charge in [0.2, 0.25) is 0 Å². The number of hydrogen-bond donors (Lipinski definition) is 2. The lowest BCUT2D eigenvalue weighted by Gasteiger charge is -2.29. The summed E-state index contributed by atoms with van der Waals surface area (Å²) in [6.45, 7) is 4.53. The van der Waals surface area contributed by atoms with Gasteiger partial charge in [-0.1, -0.05) is 50.6 Å². The average Bonchev–Trinajstić information content (AvgIpc) is 2.35. The van der Waals surface area contributed by atoms with E-state index in [1.807, 2.05) is 44.2 Å². The first-order chi connectivity index (χ1) is 8.14. The molecule has 3 heteroatoms. The normalized spacial score (nSPS) is 14.2. The molecule has 94 valence electrons. The molecule has 1 rings (SSSR count). The Morgan fingerprint density at radius 2 is 1.94 bits per heavy atom. The fourth-order valence-electron chi connectivity index (χ4n) is 2.02. The van der Waals surface area contributed by atoms with E-state index in [4.69, 9.17) is 0 Å². The number of carboxylic acids is 1. The number of hydrogen-bond acceptors (Lipinski definition) is 2. The summed E-state index contributed by atoms with van der Waals surface area (Å²) in [4.78, 5) is 11.4. The van der Waals surface area contributed by atoms with Crippen LogP contribution in [0.5, 0.6) is 0 Å². The molecule has 2 N–H and O–H groups in total. The third-order valence-corrected chi connectivity index (χ3v) is 3.16. The van der Waals surface area contributed by atoms with Crippen molar-refractivity contribution in [3.63, 3.8) is 0 Å². The summed E-state index contributed by atoms with van der Waals surface area (Å²) in [5, 5.41) is 12.6. The third kappa shape index (κ3) is 3.56. The highest BCUT2D eigenvalue weighted by molar-refractivity contribution is 5.78. The van der Waals surface area contributed by atoms with E-state index in [9.17, 15) is 9.90 Å². The molecule has 0 saturated heterocycles. The Bertz CT molecular complexity index is 350. The molecule has 17 heavy (non-hydrogen) atoms. The Hall–Kier alpha value is -1.35. The van der Waals surface area contributed by atoms with Crippen molar-refractivity contribution >= 4 is 5.97 Å². The summed E-state index contributed by atoms with van der Waals surface area (Å²) >= 11 is 0. The van der Waals surface area contributed by atoms with Crippen LogP contribution < -0.4 is 5.32 Å². The molecular weight excluding hydrogens is 214 g/mol.